The standard InChI is InChI=1S/C32H40N2O5/c1-23(35)39-32-15-14-27(33-30(36)13-12-24-6-4-8-28(18-24)37-2)20-31(32,26-7-5-9-29(19-26)38-3)16-17-34(22-32)21-25-10-11-25/h4-9,12-13,18-19,25,27H,10-11,14-17,20-22H2,1-3H3,(H,33,36). The third-order valence-corrected chi connectivity index (χ3v) is 8.74. The first-order valence-corrected chi connectivity index (χ1v) is 14.0. The quantitative estimate of drug-likeness (QED) is 0.371. The van der Waals surface area contributed by atoms with Gasteiger partial charge in [0.25, 0.3) is 0 Å². The summed E-state index contributed by atoms with van der Waals surface area (Å²) in [5, 5.41) is 3.26. The maximum Gasteiger partial charge on any atom is 0.303 e. The minimum atomic E-state index is -0.657. The Morgan fingerprint density at radius 2 is 1.77 bits per heavy atom. The smallest absolute Gasteiger partial charge is 0.303 e. The highest BCUT2D eigenvalue weighted by Crippen LogP contribution is 2.54. The Balaban J connectivity index is 1.42. The molecule has 7 heteroatoms. The van der Waals surface area contributed by atoms with Crippen LogP contribution in [0.5, 0.6) is 11.5 Å². The Hall–Kier alpha value is -3.32. The van der Waals surface area contributed by atoms with Gasteiger partial charge < -0.3 is 19.5 Å². The van der Waals surface area contributed by atoms with Gasteiger partial charge in [0, 0.05) is 37.5 Å². The van der Waals surface area contributed by atoms with E-state index in [0.29, 0.717) is 12.8 Å². The van der Waals surface area contributed by atoms with E-state index < -0.39 is 11.0 Å². The molecule has 3 fully saturated rings. The molecule has 3 aliphatic rings. The first kappa shape index (κ1) is 27.3. The van der Waals surface area contributed by atoms with Crippen LogP contribution in [0.2, 0.25) is 0 Å². The van der Waals surface area contributed by atoms with E-state index in [-0.39, 0.29) is 17.9 Å². The largest absolute Gasteiger partial charge is 0.497 e. The second-order valence-electron chi connectivity index (χ2n) is 11.4. The summed E-state index contributed by atoms with van der Waals surface area (Å²) < 4.78 is 17.3. The Bertz CT molecular complexity index is 1220. The summed E-state index contributed by atoms with van der Waals surface area (Å²) in [4.78, 5) is 28.1. The summed E-state index contributed by atoms with van der Waals surface area (Å²) in [5.41, 5.74) is 0.925. The normalized spacial score (nSPS) is 27.0. The van der Waals surface area contributed by atoms with Crippen LogP contribution in [0.15, 0.2) is 54.6 Å². The Labute approximate surface area is 231 Å². The minimum Gasteiger partial charge on any atom is -0.497 e. The number of carbonyl (C=O) groups is 2. The van der Waals surface area contributed by atoms with Gasteiger partial charge in [0.2, 0.25) is 5.91 Å². The lowest BCUT2D eigenvalue weighted by Gasteiger charge is -2.59. The lowest BCUT2D eigenvalue weighted by molar-refractivity contribution is -0.187. The maximum absolute atomic E-state index is 13.0. The topological polar surface area (TPSA) is 77.1 Å². The second kappa shape index (κ2) is 11.4. The molecule has 2 aromatic carbocycles. The number of hydrogen-bond donors (Lipinski definition) is 1. The summed E-state index contributed by atoms with van der Waals surface area (Å²) in [6.45, 7) is 4.23. The number of rotatable bonds is 9. The molecule has 3 unspecified atom stereocenters. The van der Waals surface area contributed by atoms with Crippen molar-refractivity contribution >= 4 is 18.0 Å². The van der Waals surface area contributed by atoms with Crippen molar-refractivity contribution in [1.29, 1.82) is 0 Å². The third-order valence-electron chi connectivity index (χ3n) is 8.74. The molecule has 1 N–H and O–H groups in total. The van der Waals surface area contributed by atoms with Crippen LogP contribution in [-0.2, 0) is 19.7 Å². The number of fused-ring (bicyclic) bond motifs is 1. The second-order valence-corrected chi connectivity index (χ2v) is 11.4. The average Bonchev–Trinajstić information content (AvgIpc) is 3.76. The van der Waals surface area contributed by atoms with Crippen LogP contribution >= 0.6 is 0 Å². The highest BCUT2D eigenvalue weighted by atomic mass is 16.6. The number of carbonyl (C=O) groups excluding carboxylic acids is 2. The van der Waals surface area contributed by atoms with Gasteiger partial charge in [-0.3, -0.25) is 14.5 Å². The molecule has 5 rings (SSSR count). The molecule has 1 heterocycles. The van der Waals surface area contributed by atoms with Crippen LogP contribution in [0.1, 0.15) is 56.6 Å². The summed E-state index contributed by atoms with van der Waals surface area (Å²) >= 11 is 0. The molecule has 1 saturated heterocycles. The maximum atomic E-state index is 13.0. The van der Waals surface area contributed by atoms with E-state index in [4.69, 9.17) is 14.2 Å². The molecule has 2 aromatic rings. The summed E-state index contributed by atoms with van der Waals surface area (Å²) in [6, 6.07) is 15.7. The van der Waals surface area contributed by atoms with Gasteiger partial charge in [0.05, 0.1) is 14.2 Å². The Kier molecular flexibility index (Phi) is 7.98. The van der Waals surface area contributed by atoms with E-state index >= 15 is 0 Å². The van der Waals surface area contributed by atoms with Crippen LogP contribution in [0.25, 0.3) is 6.08 Å². The molecule has 0 radical (unpaired) electrons. The van der Waals surface area contributed by atoms with Crippen molar-refractivity contribution in [3.63, 3.8) is 0 Å². The third kappa shape index (κ3) is 5.98. The van der Waals surface area contributed by atoms with Gasteiger partial charge in [-0.2, -0.15) is 0 Å². The zero-order chi connectivity index (χ0) is 27.5. The predicted octanol–water partition coefficient (Wildman–Crippen LogP) is 4.74. The summed E-state index contributed by atoms with van der Waals surface area (Å²) in [5.74, 6) is 1.91. The molecule has 0 aromatic heterocycles. The number of esters is 1. The number of nitrogens with zero attached hydrogens (tertiary/aromatic N) is 1. The lowest BCUT2D eigenvalue weighted by atomic mass is 9.55. The molecule has 2 aliphatic carbocycles. The average molecular weight is 533 g/mol. The van der Waals surface area contributed by atoms with Crippen molar-refractivity contribution in [2.45, 2.75) is 62.5 Å². The van der Waals surface area contributed by atoms with E-state index in [1.54, 1.807) is 26.4 Å². The van der Waals surface area contributed by atoms with Crippen LogP contribution in [0.3, 0.4) is 0 Å². The Morgan fingerprint density at radius 3 is 2.49 bits per heavy atom. The fraction of sp³-hybridized carbons (Fsp3) is 0.500. The molecular weight excluding hydrogens is 492 g/mol. The first-order chi connectivity index (χ1) is 18.8. The highest BCUT2D eigenvalue weighted by molar-refractivity contribution is 5.92. The van der Waals surface area contributed by atoms with E-state index in [9.17, 15) is 9.59 Å². The summed E-state index contributed by atoms with van der Waals surface area (Å²) in [7, 11) is 3.30. The highest BCUT2D eigenvalue weighted by Gasteiger charge is 2.61. The van der Waals surface area contributed by atoms with Gasteiger partial charge >= 0.3 is 5.97 Å². The number of methoxy groups -OCH3 is 2. The van der Waals surface area contributed by atoms with Crippen molar-refractivity contribution in [2.24, 2.45) is 5.92 Å². The fourth-order valence-corrected chi connectivity index (χ4v) is 6.72. The molecule has 1 aliphatic heterocycles. The lowest BCUT2D eigenvalue weighted by Crippen LogP contribution is -2.68. The number of ether oxygens (including phenoxy) is 3. The van der Waals surface area contributed by atoms with Crippen LogP contribution in [-0.4, -0.2) is 62.3 Å². The Morgan fingerprint density at radius 1 is 1.03 bits per heavy atom. The molecule has 0 bridgehead atoms. The molecule has 39 heavy (non-hydrogen) atoms. The van der Waals surface area contributed by atoms with Crippen molar-refractivity contribution in [3.8, 4) is 11.5 Å². The van der Waals surface area contributed by atoms with E-state index in [0.717, 1.165) is 61.0 Å². The molecule has 208 valence electrons. The van der Waals surface area contributed by atoms with Crippen molar-refractivity contribution in [2.75, 3.05) is 33.9 Å². The molecule has 3 atom stereocenters. The number of piperidine rings is 1. The van der Waals surface area contributed by atoms with Gasteiger partial charge in [-0.15, -0.1) is 0 Å². The molecule has 0 spiro atoms. The zero-order valence-electron chi connectivity index (χ0n) is 23.3. The van der Waals surface area contributed by atoms with Gasteiger partial charge in [0.1, 0.15) is 17.1 Å². The summed E-state index contributed by atoms with van der Waals surface area (Å²) in [6.07, 6.45) is 8.95. The van der Waals surface area contributed by atoms with Crippen molar-refractivity contribution in [3.05, 3.63) is 65.7 Å². The van der Waals surface area contributed by atoms with Crippen LogP contribution < -0.4 is 14.8 Å². The van der Waals surface area contributed by atoms with Gasteiger partial charge in [-0.1, -0.05) is 24.3 Å². The van der Waals surface area contributed by atoms with Crippen molar-refractivity contribution in [1.82, 2.24) is 10.2 Å². The van der Waals surface area contributed by atoms with Gasteiger partial charge in [-0.25, -0.2) is 0 Å². The van der Waals surface area contributed by atoms with Gasteiger partial charge in [-0.05, 0) is 92.5 Å². The number of benzene rings is 2. The molecule has 2 saturated carbocycles. The number of hydrogen-bond acceptors (Lipinski definition) is 6. The number of likely N-dealkylation sites (tertiary alicyclic amines) is 1. The molecule has 7 nitrogen and oxygen atoms in total. The van der Waals surface area contributed by atoms with Crippen molar-refractivity contribution < 1.29 is 23.8 Å². The fourth-order valence-electron chi connectivity index (χ4n) is 6.72. The van der Waals surface area contributed by atoms with E-state index in [1.165, 1.54) is 19.8 Å². The predicted molar refractivity (Wildman–Crippen MR) is 151 cm³/mol. The zero-order valence-corrected chi connectivity index (χ0v) is 23.3. The minimum absolute atomic E-state index is 0.0441. The molecule has 1 amide bonds. The monoisotopic (exact) mass is 532 g/mol. The van der Waals surface area contributed by atoms with Crippen LogP contribution in [0.4, 0.5) is 0 Å². The SMILES string of the molecule is COc1cccc(C=CC(=O)NC2CCC3(OC(C)=O)CN(CC4CC4)CCC3(c3cccc(OC)c3)C2)c1. The van der Waals surface area contributed by atoms with E-state index in [1.807, 2.05) is 36.4 Å². The van der Waals surface area contributed by atoms with Gasteiger partial charge in [0.15, 0.2) is 0 Å². The molecular formula is C32H40N2O5. The first-order valence-electron chi connectivity index (χ1n) is 14.0. The number of amides is 1. The van der Waals surface area contributed by atoms with E-state index in [2.05, 4.69) is 22.3 Å². The van der Waals surface area contributed by atoms with Crippen LogP contribution in [0, 0.1) is 5.92 Å². The number of nitrogens with one attached hydrogen (secondary N) is 1.